The molecule has 0 unspecified atom stereocenters. The zero-order valence-electron chi connectivity index (χ0n) is 14.5. The molecule has 0 aliphatic heterocycles. The van der Waals surface area contributed by atoms with Crippen LogP contribution in [0.1, 0.15) is 18.1 Å². The lowest BCUT2D eigenvalue weighted by molar-refractivity contribution is 0.281. The fourth-order valence-corrected chi connectivity index (χ4v) is 3.21. The number of pyridine rings is 1. The summed E-state index contributed by atoms with van der Waals surface area (Å²) in [5.41, 5.74) is 6.51. The summed E-state index contributed by atoms with van der Waals surface area (Å²) >= 11 is 0. The van der Waals surface area contributed by atoms with E-state index in [1.54, 1.807) is 6.20 Å². The summed E-state index contributed by atoms with van der Waals surface area (Å²) in [5.74, 6) is 0.794. The van der Waals surface area contributed by atoms with Crippen molar-refractivity contribution in [2.45, 2.75) is 20.0 Å². The summed E-state index contributed by atoms with van der Waals surface area (Å²) in [4.78, 5) is 12.4. The third-order valence-corrected chi connectivity index (χ3v) is 4.51. The van der Waals surface area contributed by atoms with Crippen molar-refractivity contribution >= 4 is 22.5 Å². The monoisotopic (exact) mass is 344 g/mol. The van der Waals surface area contributed by atoms with Crippen LogP contribution < -0.4 is 5.32 Å². The van der Waals surface area contributed by atoms with Gasteiger partial charge in [0.15, 0.2) is 5.65 Å². The molecule has 5 nitrogen and oxygen atoms in total. The lowest BCUT2D eigenvalue weighted by atomic mass is 10.0. The van der Waals surface area contributed by atoms with E-state index in [4.69, 9.17) is 0 Å². The molecule has 0 bridgehead atoms. The third-order valence-electron chi connectivity index (χ3n) is 4.51. The van der Waals surface area contributed by atoms with Crippen LogP contribution >= 0.6 is 0 Å². The molecule has 0 amide bonds. The molecule has 0 saturated heterocycles. The van der Waals surface area contributed by atoms with E-state index in [0.717, 1.165) is 45.8 Å². The van der Waals surface area contributed by atoms with Crippen LogP contribution in [0.3, 0.4) is 0 Å². The van der Waals surface area contributed by atoms with Crippen LogP contribution in [0.5, 0.6) is 0 Å². The number of aliphatic hydroxyl groups is 1. The van der Waals surface area contributed by atoms with Gasteiger partial charge in [0.1, 0.15) is 11.3 Å². The van der Waals surface area contributed by atoms with Gasteiger partial charge in [-0.3, -0.25) is 0 Å². The number of nitrogens with zero attached hydrogens (tertiary/aromatic N) is 2. The van der Waals surface area contributed by atoms with Gasteiger partial charge in [0.25, 0.3) is 0 Å². The molecule has 0 aliphatic carbocycles. The first-order chi connectivity index (χ1) is 12.8. The normalized spacial score (nSPS) is 11.0. The van der Waals surface area contributed by atoms with E-state index in [9.17, 15) is 5.11 Å². The molecule has 0 aliphatic rings. The first-order valence-electron chi connectivity index (χ1n) is 8.69. The van der Waals surface area contributed by atoms with Crippen molar-refractivity contribution in [2.24, 2.45) is 0 Å². The lowest BCUT2D eigenvalue weighted by Crippen LogP contribution is -2.00. The Bertz CT molecular complexity index is 1040. The molecule has 4 rings (SSSR count). The molecular formula is C21H20N4O. The molecule has 2 heterocycles. The van der Waals surface area contributed by atoms with Gasteiger partial charge in [-0.15, -0.1) is 0 Å². The number of aromatic amines is 1. The van der Waals surface area contributed by atoms with Crippen molar-refractivity contribution in [3.8, 4) is 11.4 Å². The second-order valence-corrected chi connectivity index (χ2v) is 6.09. The SMILES string of the molecule is CCc1c(CO)cccc1Nc1ccnc2nc(-c3ccccc3)[nH]c12. The summed E-state index contributed by atoms with van der Waals surface area (Å²) in [6.45, 7) is 2.12. The molecule has 5 heteroatoms. The average Bonchev–Trinajstić information content (AvgIpc) is 3.14. The fraction of sp³-hybridized carbons (Fsp3) is 0.143. The molecule has 0 radical (unpaired) electrons. The van der Waals surface area contributed by atoms with Gasteiger partial charge in [0.2, 0.25) is 0 Å². The molecule has 0 fully saturated rings. The highest BCUT2D eigenvalue weighted by molar-refractivity contribution is 5.90. The largest absolute Gasteiger partial charge is 0.392 e. The molecule has 3 N–H and O–H groups in total. The number of H-pyrrole nitrogens is 1. The van der Waals surface area contributed by atoms with E-state index < -0.39 is 0 Å². The van der Waals surface area contributed by atoms with Gasteiger partial charge in [-0.25, -0.2) is 9.97 Å². The number of anilines is 2. The van der Waals surface area contributed by atoms with E-state index in [0.29, 0.717) is 5.65 Å². The number of hydrogen-bond donors (Lipinski definition) is 3. The van der Waals surface area contributed by atoms with Crippen molar-refractivity contribution < 1.29 is 5.11 Å². The number of hydrogen-bond acceptors (Lipinski definition) is 4. The maximum atomic E-state index is 9.59. The predicted octanol–water partition coefficient (Wildman–Crippen LogP) is 4.42. The van der Waals surface area contributed by atoms with Gasteiger partial charge in [0.05, 0.1) is 12.3 Å². The second-order valence-electron chi connectivity index (χ2n) is 6.09. The topological polar surface area (TPSA) is 73.8 Å². The molecule has 4 aromatic rings. The maximum absolute atomic E-state index is 9.59. The van der Waals surface area contributed by atoms with Crippen LogP contribution in [-0.4, -0.2) is 20.1 Å². The quantitative estimate of drug-likeness (QED) is 0.501. The first-order valence-corrected chi connectivity index (χ1v) is 8.69. The number of imidazole rings is 1. The minimum absolute atomic E-state index is 0.0344. The number of aliphatic hydroxyl groups excluding tert-OH is 1. The van der Waals surface area contributed by atoms with E-state index in [1.807, 2.05) is 54.6 Å². The number of fused-ring (bicyclic) bond motifs is 1. The predicted molar refractivity (Wildman–Crippen MR) is 104 cm³/mol. The second kappa shape index (κ2) is 6.98. The van der Waals surface area contributed by atoms with Gasteiger partial charge in [-0.05, 0) is 29.7 Å². The third kappa shape index (κ3) is 2.93. The van der Waals surface area contributed by atoms with Gasteiger partial charge >= 0.3 is 0 Å². The standard InChI is InChI=1S/C21H20N4O/c1-2-16-15(13-26)9-6-10-17(16)23-18-11-12-22-21-19(18)24-20(25-21)14-7-4-3-5-8-14/h3-12,26H,2,13H2,1H3,(H2,22,23,24,25). The van der Waals surface area contributed by atoms with Crippen LogP contribution in [0.4, 0.5) is 11.4 Å². The zero-order chi connectivity index (χ0) is 17.9. The Morgan fingerprint density at radius 2 is 1.85 bits per heavy atom. The first kappa shape index (κ1) is 16.3. The smallest absolute Gasteiger partial charge is 0.180 e. The Kier molecular flexibility index (Phi) is 4.37. The molecule has 0 saturated carbocycles. The summed E-state index contributed by atoms with van der Waals surface area (Å²) in [6.07, 6.45) is 2.59. The zero-order valence-corrected chi connectivity index (χ0v) is 14.5. The minimum Gasteiger partial charge on any atom is -0.392 e. The Hall–Kier alpha value is -3.18. The van der Waals surface area contributed by atoms with E-state index in [1.165, 1.54) is 0 Å². The molecular weight excluding hydrogens is 324 g/mol. The van der Waals surface area contributed by atoms with Gasteiger partial charge in [0, 0.05) is 17.4 Å². The fourth-order valence-electron chi connectivity index (χ4n) is 3.21. The van der Waals surface area contributed by atoms with Gasteiger partial charge in [-0.2, -0.15) is 0 Å². The van der Waals surface area contributed by atoms with Crippen molar-refractivity contribution in [3.05, 3.63) is 71.9 Å². The number of nitrogens with one attached hydrogen (secondary N) is 2. The van der Waals surface area contributed by atoms with Crippen LogP contribution in [0.25, 0.3) is 22.6 Å². The number of rotatable bonds is 5. The maximum Gasteiger partial charge on any atom is 0.180 e. The van der Waals surface area contributed by atoms with E-state index in [-0.39, 0.29) is 6.61 Å². The van der Waals surface area contributed by atoms with E-state index >= 15 is 0 Å². The average molecular weight is 344 g/mol. The highest BCUT2D eigenvalue weighted by atomic mass is 16.3. The van der Waals surface area contributed by atoms with Crippen LogP contribution in [0.15, 0.2) is 60.8 Å². The minimum atomic E-state index is 0.0344. The molecule has 130 valence electrons. The molecule has 0 spiro atoms. The molecule has 0 atom stereocenters. The summed E-state index contributed by atoms with van der Waals surface area (Å²) in [6, 6.07) is 17.9. The Morgan fingerprint density at radius 3 is 2.62 bits per heavy atom. The Morgan fingerprint density at radius 1 is 1.00 bits per heavy atom. The van der Waals surface area contributed by atoms with Gasteiger partial charge in [-0.1, -0.05) is 49.4 Å². The van der Waals surface area contributed by atoms with Crippen molar-refractivity contribution in [1.82, 2.24) is 15.0 Å². The van der Waals surface area contributed by atoms with Crippen molar-refractivity contribution in [1.29, 1.82) is 0 Å². The van der Waals surface area contributed by atoms with Crippen molar-refractivity contribution in [3.63, 3.8) is 0 Å². The highest BCUT2D eigenvalue weighted by Crippen LogP contribution is 2.29. The van der Waals surface area contributed by atoms with Crippen molar-refractivity contribution in [2.75, 3.05) is 5.32 Å². The Balaban J connectivity index is 1.77. The summed E-state index contributed by atoms with van der Waals surface area (Å²) in [7, 11) is 0. The summed E-state index contributed by atoms with van der Waals surface area (Å²) in [5, 5.41) is 13.1. The molecule has 2 aromatic carbocycles. The highest BCUT2D eigenvalue weighted by Gasteiger charge is 2.12. The van der Waals surface area contributed by atoms with Crippen LogP contribution in [-0.2, 0) is 13.0 Å². The van der Waals surface area contributed by atoms with Crippen LogP contribution in [0, 0.1) is 0 Å². The van der Waals surface area contributed by atoms with Crippen LogP contribution in [0.2, 0.25) is 0 Å². The summed E-state index contributed by atoms with van der Waals surface area (Å²) < 4.78 is 0. The molecule has 2 aromatic heterocycles. The van der Waals surface area contributed by atoms with Gasteiger partial charge < -0.3 is 15.4 Å². The van der Waals surface area contributed by atoms with E-state index in [2.05, 4.69) is 27.2 Å². The molecule has 26 heavy (non-hydrogen) atoms. The Labute approximate surface area is 151 Å². The number of benzene rings is 2. The lowest BCUT2D eigenvalue weighted by Gasteiger charge is -2.14. The number of aromatic nitrogens is 3.